The fraction of sp³-hybridized carbons (Fsp3) is 0.0952. The third kappa shape index (κ3) is 4.46. The zero-order chi connectivity index (χ0) is 22.0. The molecule has 0 aliphatic carbocycles. The van der Waals surface area contributed by atoms with Crippen LogP contribution in [0.5, 0.6) is 0 Å². The van der Waals surface area contributed by atoms with Crippen molar-refractivity contribution >= 4 is 45.8 Å². The van der Waals surface area contributed by atoms with Gasteiger partial charge in [0, 0.05) is 23.3 Å². The van der Waals surface area contributed by atoms with Crippen molar-refractivity contribution in [3.05, 3.63) is 76.4 Å². The third-order valence-corrected chi connectivity index (χ3v) is 4.66. The van der Waals surface area contributed by atoms with E-state index in [2.05, 4.69) is 20.7 Å². The smallest absolute Gasteiger partial charge is 0.264 e. The summed E-state index contributed by atoms with van der Waals surface area (Å²) >= 11 is 5.92. The Morgan fingerprint density at radius 2 is 1.77 bits per heavy atom. The highest BCUT2D eigenvalue weighted by molar-refractivity contribution is 6.30. The molecule has 9 nitrogen and oxygen atoms in total. The average molecular weight is 437 g/mol. The predicted octanol–water partition coefficient (Wildman–Crippen LogP) is 2.83. The first-order valence-corrected chi connectivity index (χ1v) is 9.65. The highest BCUT2D eigenvalue weighted by Crippen LogP contribution is 2.17. The van der Waals surface area contributed by atoms with E-state index >= 15 is 0 Å². The average Bonchev–Trinajstić information content (AvgIpc) is 3.15. The second-order valence-corrected chi connectivity index (χ2v) is 7.19. The predicted molar refractivity (Wildman–Crippen MR) is 118 cm³/mol. The van der Waals surface area contributed by atoms with Gasteiger partial charge >= 0.3 is 0 Å². The summed E-state index contributed by atoms with van der Waals surface area (Å²) in [6, 6.07) is 13.7. The van der Waals surface area contributed by atoms with Gasteiger partial charge in [-0.1, -0.05) is 17.7 Å². The van der Waals surface area contributed by atoms with Gasteiger partial charge in [0.25, 0.3) is 5.56 Å². The zero-order valence-electron chi connectivity index (χ0n) is 16.4. The first kappa shape index (κ1) is 20.3. The number of hydrogen-bond donors (Lipinski definition) is 2. The normalized spacial score (nSPS) is 10.8. The van der Waals surface area contributed by atoms with Crippen LogP contribution in [0.3, 0.4) is 0 Å². The van der Waals surface area contributed by atoms with Crippen LogP contribution in [0, 0.1) is 0 Å². The van der Waals surface area contributed by atoms with Gasteiger partial charge in [-0.15, -0.1) is 0 Å². The molecular weight excluding hydrogens is 420 g/mol. The number of nitrogens with zero attached hydrogens (tertiary/aromatic N) is 4. The van der Waals surface area contributed by atoms with Crippen molar-refractivity contribution in [2.24, 2.45) is 0 Å². The van der Waals surface area contributed by atoms with Gasteiger partial charge < -0.3 is 10.6 Å². The topological polar surface area (TPSA) is 111 Å². The molecule has 0 aliphatic rings. The number of benzene rings is 2. The van der Waals surface area contributed by atoms with Crippen molar-refractivity contribution in [1.29, 1.82) is 0 Å². The summed E-state index contributed by atoms with van der Waals surface area (Å²) in [6.45, 7) is 1.17. The van der Waals surface area contributed by atoms with E-state index in [0.29, 0.717) is 27.7 Å². The number of amides is 2. The van der Waals surface area contributed by atoms with E-state index in [1.807, 2.05) is 0 Å². The maximum Gasteiger partial charge on any atom is 0.264 e. The molecule has 2 aromatic carbocycles. The molecule has 0 bridgehead atoms. The maximum atomic E-state index is 12.8. The number of carbonyl (C=O) groups excluding carboxylic acids is 2. The summed E-state index contributed by atoms with van der Waals surface area (Å²) in [5, 5.41) is 10.5. The Labute approximate surface area is 181 Å². The van der Waals surface area contributed by atoms with E-state index in [-0.39, 0.29) is 23.4 Å². The second-order valence-electron chi connectivity index (χ2n) is 6.76. The van der Waals surface area contributed by atoms with Crippen LogP contribution in [0.4, 0.5) is 11.4 Å². The number of nitrogens with one attached hydrogen (secondary N) is 2. The highest BCUT2D eigenvalue weighted by atomic mass is 35.5. The van der Waals surface area contributed by atoms with Crippen molar-refractivity contribution < 1.29 is 9.59 Å². The molecule has 31 heavy (non-hydrogen) atoms. The lowest BCUT2D eigenvalue weighted by Gasteiger charge is -2.09. The molecule has 2 amide bonds. The highest BCUT2D eigenvalue weighted by Gasteiger charge is 2.13. The molecular formula is C21H17ClN6O3. The fourth-order valence-electron chi connectivity index (χ4n) is 3.07. The van der Waals surface area contributed by atoms with Crippen LogP contribution >= 0.6 is 11.6 Å². The maximum absolute atomic E-state index is 12.8. The molecule has 0 saturated heterocycles. The minimum atomic E-state index is -0.409. The molecule has 0 saturated carbocycles. The van der Waals surface area contributed by atoms with Crippen LogP contribution in [0.2, 0.25) is 5.02 Å². The minimum absolute atomic E-state index is 0.214. The lowest BCUT2D eigenvalue weighted by Crippen LogP contribution is -2.27. The van der Waals surface area contributed by atoms with E-state index in [0.717, 1.165) is 0 Å². The van der Waals surface area contributed by atoms with E-state index in [4.69, 9.17) is 11.6 Å². The lowest BCUT2D eigenvalue weighted by molar-refractivity contribution is -0.117. The Hall–Kier alpha value is -3.98. The molecule has 0 fully saturated rings. The van der Waals surface area contributed by atoms with Crippen LogP contribution in [-0.2, 0) is 16.1 Å². The summed E-state index contributed by atoms with van der Waals surface area (Å²) < 4.78 is 2.74. The second kappa shape index (κ2) is 8.41. The van der Waals surface area contributed by atoms with E-state index in [1.54, 1.807) is 48.5 Å². The van der Waals surface area contributed by atoms with Gasteiger partial charge in [0.15, 0.2) is 5.65 Å². The van der Waals surface area contributed by atoms with Crippen LogP contribution < -0.4 is 16.2 Å². The van der Waals surface area contributed by atoms with E-state index in [9.17, 15) is 14.4 Å². The van der Waals surface area contributed by atoms with E-state index < -0.39 is 5.91 Å². The number of aromatic nitrogens is 4. The standard InChI is InChI=1S/C21H17ClN6O3/c1-13(29)25-15-3-2-4-16(9-15)26-19(30)11-27-12-23-20-18(21(27)31)10-24-28(20)17-7-5-14(22)6-8-17/h2-10,12H,11H2,1H3,(H,25,29)(H,26,30). The molecule has 0 spiro atoms. The van der Waals surface area contributed by atoms with Gasteiger partial charge in [-0.05, 0) is 42.5 Å². The Morgan fingerprint density at radius 3 is 2.48 bits per heavy atom. The quantitative estimate of drug-likeness (QED) is 0.499. The molecule has 0 atom stereocenters. The van der Waals surface area contributed by atoms with Gasteiger partial charge in [-0.2, -0.15) is 5.10 Å². The summed E-state index contributed by atoms with van der Waals surface area (Å²) in [6.07, 6.45) is 2.73. The monoisotopic (exact) mass is 436 g/mol. The summed E-state index contributed by atoms with van der Waals surface area (Å²) in [4.78, 5) is 40.7. The Morgan fingerprint density at radius 1 is 1.06 bits per heavy atom. The van der Waals surface area contributed by atoms with Crippen LogP contribution in [-0.4, -0.2) is 31.1 Å². The van der Waals surface area contributed by atoms with Gasteiger partial charge in [0.2, 0.25) is 11.8 Å². The third-order valence-electron chi connectivity index (χ3n) is 4.41. The Kier molecular flexibility index (Phi) is 5.50. The largest absolute Gasteiger partial charge is 0.326 e. The van der Waals surface area contributed by atoms with Crippen molar-refractivity contribution in [2.45, 2.75) is 13.5 Å². The Balaban J connectivity index is 1.54. The fourth-order valence-corrected chi connectivity index (χ4v) is 3.19. The molecule has 0 unspecified atom stereocenters. The van der Waals surface area contributed by atoms with Gasteiger partial charge in [-0.25, -0.2) is 9.67 Å². The summed E-state index contributed by atoms with van der Waals surface area (Å²) in [5.74, 6) is -0.623. The van der Waals surface area contributed by atoms with Crippen LogP contribution in [0.1, 0.15) is 6.92 Å². The van der Waals surface area contributed by atoms with Gasteiger partial charge in [0.05, 0.1) is 11.9 Å². The number of fused-ring (bicyclic) bond motifs is 1. The Bertz CT molecular complexity index is 1340. The zero-order valence-corrected chi connectivity index (χ0v) is 17.1. The minimum Gasteiger partial charge on any atom is -0.326 e. The van der Waals surface area contributed by atoms with Gasteiger partial charge in [-0.3, -0.25) is 19.0 Å². The summed E-state index contributed by atoms with van der Waals surface area (Å²) in [7, 11) is 0. The SMILES string of the molecule is CC(=O)Nc1cccc(NC(=O)Cn2cnc3c(cnn3-c3ccc(Cl)cc3)c2=O)c1. The molecule has 2 heterocycles. The van der Waals surface area contributed by atoms with Crippen molar-refractivity contribution in [2.75, 3.05) is 10.6 Å². The van der Waals surface area contributed by atoms with Crippen LogP contribution in [0.15, 0.2) is 65.8 Å². The van der Waals surface area contributed by atoms with Crippen molar-refractivity contribution in [3.63, 3.8) is 0 Å². The molecule has 4 aromatic rings. The molecule has 4 rings (SSSR count). The van der Waals surface area contributed by atoms with E-state index in [1.165, 1.54) is 28.7 Å². The molecule has 156 valence electrons. The molecule has 2 N–H and O–H groups in total. The lowest BCUT2D eigenvalue weighted by atomic mass is 10.2. The van der Waals surface area contributed by atoms with Crippen molar-refractivity contribution in [1.82, 2.24) is 19.3 Å². The first-order chi connectivity index (χ1) is 14.9. The summed E-state index contributed by atoms with van der Waals surface area (Å²) in [5.41, 5.74) is 1.76. The number of rotatable bonds is 5. The number of hydrogen-bond acceptors (Lipinski definition) is 5. The number of halogens is 1. The van der Waals surface area contributed by atoms with Crippen LogP contribution in [0.25, 0.3) is 16.7 Å². The van der Waals surface area contributed by atoms with Crippen molar-refractivity contribution in [3.8, 4) is 5.69 Å². The number of carbonyl (C=O) groups is 2. The molecule has 10 heteroatoms. The molecule has 0 aliphatic heterocycles. The molecule has 0 radical (unpaired) electrons. The number of anilines is 2. The molecule has 2 aromatic heterocycles. The van der Waals surface area contributed by atoms with Gasteiger partial charge in [0.1, 0.15) is 18.3 Å². The first-order valence-electron chi connectivity index (χ1n) is 9.27.